The summed E-state index contributed by atoms with van der Waals surface area (Å²) in [4.78, 5) is 1.05. The number of nitrogens with zero attached hydrogens (tertiary/aromatic N) is 2. The number of aromatic nitrogens is 2. The van der Waals surface area contributed by atoms with Gasteiger partial charge in [0.05, 0.1) is 12.2 Å². The number of thiophene rings is 1. The van der Waals surface area contributed by atoms with Crippen molar-refractivity contribution in [3.05, 3.63) is 35.0 Å². The van der Waals surface area contributed by atoms with Crippen molar-refractivity contribution in [2.45, 2.75) is 49.0 Å². The number of sulfonamides is 1. The average Bonchev–Trinajstić information content (AvgIpc) is 3.16. The topological polar surface area (TPSA) is 73.2 Å². The van der Waals surface area contributed by atoms with Gasteiger partial charge in [-0.1, -0.05) is 20.8 Å². The highest BCUT2D eigenvalue weighted by molar-refractivity contribution is 7.91. The predicted octanol–water partition coefficient (Wildman–Crippen LogP) is 2.59. The smallest absolute Gasteiger partial charge is 0.250 e. The van der Waals surface area contributed by atoms with Crippen LogP contribution in [-0.4, -0.2) is 30.8 Å². The van der Waals surface area contributed by atoms with Crippen LogP contribution in [0.2, 0.25) is 0 Å². The van der Waals surface area contributed by atoms with Crippen molar-refractivity contribution in [1.29, 1.82) is 0 Å². The second kappa shape index (κ2) is 6.25. The molecule has 2 atom stereocenters. The van der Waals surface area contributed by atoms with E-state index in [1.165, 1.54) is 11.3 Å². The molecule has 3 heterocycles. The molecule has 0 aromatic carbocycles. The van der Waals surface area contributed by atoms with E-state index in [1.807, 2.05) is 19.3 Å². The van der Waals surface area contributed by atoms with Gasteiger partial charge >= 0.3 is 0 Å². The molecule has 2 aromatic heterocycles. The number of aryl methyl sites for hydroxylation is 1. The summed E-state index contributed by atoms with van der Waals surface area (Å²) in [6.45, 7) is 6.76. The lowest BCUT2D eigenvalue weighted by Crippen LogP contribution is -2.36. The van der Waals surface area contributed by atoms with E-state index in [0.29, 0.717) is 17.2 Å². The number of hydrogen-bond acceptors (Lipinski definition) is 5. The normalized spacial score (nSPS) is 22.2. The molecule has 0 amide bonds. The van der Waals surface area contributed by atoms with Crippen LogP contribution in [-0.2, 0) is 27.2 Å². The van der Waals surface area contributed by atoms with Gasteiger partial charge in [0, 0.05) is 30.3 Å². The van der Waals surface area contributed by atoms with E-state index in [4.69, 9.17) is 4.74 Å². The summed E-state index contributed by atoms with van der Waals surface area (Å²) in [5, 5.41) is 4.14. The molecule has 6 nitrogen and oxygen atoms in total. The zero-order valence-electron chi connectivity index (χ0n) is 14.3. The van der Waals surface area contributed by atoms with Crippen LogP contribution in [0.15, 0.2) is 28.7 Å². The summed E-state index contributed by atoms with van der Waals surface area (Å²) < 4.78 is 36.1. The molecule has 24 heavy (non-hydrogen) atoms. The van der Waals surface area contributed by atoms with Crippen molar-refractivity contribution in [2.24, 2.45) is 7.05 Å². The fraction of sp³-hybridized carbons (Fsp3) is 0.562. The molecule has 0 aliphatic carbocycles. The fourth-order valence-corrected chi connectivity index (χ4v) is 5.40. The molecule has 1 saturated heterocycles. The Morgan fingerprint density at radius 2 is 2.12 bits per heavy atom. The van der Waals surface area contributed by atoms with Crippen LogP contribution in [0, 0.1) is 0 Å². The highest BCUT2D eigenvalue weighted by Gasteiger charge is 2.34. The predicted molar refractivity (Wildman–Crippen MR) is 93.6 cm³/mol. The minimum atomic E-state index is -3.56. The van der Waals surface area contributed by atoms with Crippen molar-refractivity contribution >= 4 is 21.4 Å². The molecular formula is C16H23N3O3S2. The van der Waals surface area contributed by atoms with Crippen LogP contribution in [0.25, 0.3) is 0 Å². The molecule has 2 aromatic rings. The molecule has 132 valence electrons. The Labute approximate surface area is 146 Å². The first-order valence-corrected chi connectivity index (χ1v) is 10.2. The van der Waals surface area contributed by atoms with Crippen LogP contribution in [0.4, 0.5) is 0 Å². The minimum absolute atomic E-state index is 0.0624. The Hall–Kier alpha value is -1.22. The van der Waals surface area contributed by atoms with E-state index < -0.39 is 10.0 Å². The van der Waals surface area contributed by atoms with Crippen LogP contribution in [0.1, 0.15) is 43.7 Å². The van der Waals surface area contributed by atoms with E-state index >= 15 is 0 Å². The van der Waals surface area contributed by atoms with E-state index in [9.17, 15) is 8.42 Å². The van der Waals surface area contributed by atoms with Gasteiger partial charge in [-0.25, -0.2) is 13.1 Å². The maximum absolute atomic E-state index is 12.7. The second-order valence-electron chi connectivity index (χ2n) is 7.12. The van der Waals surface area contributed by atoms with E-state index in [1.54, 1.807) is 16.9 Å². The molecule has 1 fully saturated rings. The average molecular weight is 370 g/mol. The summed E-state index contributed by atoms with van der Waals surface area (Å²) in [5.41, 5.74) is 0.830. The van der Waals surface area contributed by atoms with Gasteiger partial charge in [-0.2, -0.15) is 5.10 Å². The van der Waals surface area contributed by atoms with Crippen molar-refractivity contribution in [3.63, 3.8) is 0 Å². The standard InChI is InChI=1S/C16H23N3O3S2/c1-16(2,3)13-5-6-14(23-13)24(20,21)18-12-7-8-22-15(12)11-9-17-19(4)10-11/h5-6,9-10,12,15,18H,7-8H2,1-4H3/t12-,15+/m0/s1. The maximum Gasteiger partial charge on any atom is 0.250 e. The summed E-state index contributed by atoms with van der Waals surface area (Å²) in [6.07, 6.45) is 3.94. The second-order valence-corrected chi connectivity index (χ2v) is 10.1. The molecule has 1 N–H and O–H groups in total. The fourth-order valence-electron chi connectivity index (χ4n) is 2.75. The molecule has 1 aliphatic rings. The highest BCUT2D eigenvalue weighted by Crippen LogP contribution is 2.34. The number of rotatable bonds is 4. The van der Waals surface area contributed by atoms with Gasteiger partial charge in [0.2, 0.25) is 10.0 Å². The Bertz CT molecular complexity index is 818. The highest BCUT2D eigenvalue weighted by atomic mass is 32.2. The summed E-state index contributed by atoms with van der Waals surface area (Å²) >= 11 is 1.32. The van der Waals surface area contributed by atoms with Gasteiger partial charge in [0.15, 0.2) is 0 Å². The largest absolute Gasteiger partial charge is 0.372 e. The van der Waals surface area contributed by atoms with Crippen molar-refractivity contribution in [1.82, 2.24) is 14.5 Å². The Morgan fingerprint density at radius 3 is 2.71 bits per heavy atom. The van der Waals surface area contributed by atoms with Gasteiger partial charge in [-0.3, -0.25) is 4.68 Å². The Morgan fingerprint density at radius 1 is 1.38 bits per heavy atom. The SMILES string of the molecule is Cn1cc([C@H]2OCC[C@@H]2NS(=O)(=O)c2ccc(C(C)(C)C)s2)cn1. The van der Waals surface area contributed by atoms with Crippen molar-refractivity contribution in [2.75, 3.05) is 6.61 Å². The monoisotopic (exact) mass is 369 g/mol. The van der Waals surface area contributed by atoms with Gasteiger partial charge < -0.3 is 4.74 Å². The molecule has 0 radical (unpaired) electrons. The van der Waals surface area contributed by atoms with Crippen molar-refractivity contribution < 1.29 is 13.2 Å². The van der Waals surface area contributed by atoms with E-state index in [2.05, 4.69) is 30.6 Å². The number of ether oxygens (including phenoxy) is 1. The van der Waals surface area contributed by atoms with Crippen LogP contribution >= 0.6 is 11.3 Å². The van der Waals surface area contributed by atoms with Gasteiger partial charge in [-0.15, -0.1) is 11.3 Å². The lowest BCUT2D eigenvalue weighted by Gasteiger charge is -2.18. The third-order valence-electron chi connectivity index (χ3n) is 4.04. The van der Waals surface area contributed by atoms with Crippen LogP contribution in [0.5, 0.6) is 0 Å². The lowest BCUT2D eigenvalue weighted by molar-refractivity contribution is 0.102. The first kappa shape index (κ1) is 17.6. The molecule has 8 heteroatoms. The summed E-state index contributed by atoms with van der Waals surface area (Å²) in [7, 11) is -1.73. The molecule has 0 unspecified atom stereocenters. The minimum Gasteiger partial charge on any atom is -0.372 e. The molecule has 0 spiro atoms. The zero-order chi connectivity index (χ0) is 17.5. The Balaban J connectivity index is 1.80. The third-order valence-corrected chi connectivity index (χ3v) is 7.53. The molecule has 3 rings (SSSR count). The van der Waals surface area contributed by atoms with Crippen molar-refractivity contribution in [3.8, 4) is 0 Å². The first-order chi connectivity index (χ1) is 11.2. The lowest BCUT2D eigenvalue weighted by atomic mass is 9.95. The molecule has 0 saturated carbocycles. The van der Waals surface area contributed by atoms with E-state index in [0.717, 1.165) is 10.4 Å². The molecule has 1 aliphatic heterocycles. The van der Waals surface area contributed by atoms with Gasteiger partial charge in [0.1, 0.15) is 10.3 Å². The van der Waals surface area contributed by atoms with E-state index in [-0.39, 0.29) is 17.6 Å². The Kier molecular flexibility index (Phi) is 4.59. The van der Waals surface area contributed by atoms with Crippen LogP contribution in [0.3, 0.4) is 0 Å². The van der Waals surface area contributed by atoms with Gasteiger partial charge in [-0.05, 0) is 24.0 Å². The number of hydrogen-bond donors (Lipinski definition) is 1. The summed E-state index contributed by atoms with van der Waals surface area (Å²) in [6, 6.07) is 3.30. The van der Waals surface area contributed by atoms with Crippen LogP contribution < -0.4 is 4.72 Å². The third kappa shape index (κ3) is 3.56. The quantitative estimate of drug-likeness (QED) is 0.899. The number of nitrogens with one attached hydrogen (secondary N) is 1. The first-order valence-electron chi connectivity index (χ1n) is 7.89. The molecule has 0 bridgehead atoms. The molecular weight excluding hydrogens is 346 g/mol. The maximum atomic E-state index is 12.7. The summed E-state index contributed by atoms with van der Waals surface area (Å²) in [5.74, 6) is 0. The van der Waals surface area contributed by atoms with Gasteiger partial charge in [0.25, 0.3) is 0 Å². The zero-order valence-corrected chi connectivity index (χ0v) is 15.9.